The Labute approximate surface area is 168 Å². The number of piperazine rings is 1. The van der Waals surface area contributed by atoms with Crippen LogP contribution in [0.15, 0.2) is 32.2 Å². The summed E-state index contributed by atoms with van der Waals surface area (Å²) in [5, 5.41) is 0. The number of aryl methyl sites for hydroxylation is 2. The zero-order valence-corrected chi connectivity index (χ0v) is 18.3. The van der Waals surface area contributed by atoms with Crippen LogP contribution in [0.3, 0.4) is 0 Å². The van der Waals surface area contributed by atoms with Gasteiger partial charge in [-0.3, -0.25) is 4.79 Å². The lowest BCUT2D eigenvalue weighted by atomic mass is 10.0. The van der Waals surface area contributed by atoms with Crippen molar-refractivity contribution in [1.82, 2.24) is 9.21 Å². The van der Waals surface area contributed by atoms with Crippen LogP contribution in [-0.4, -0.2) is 49.7 Å². The highest BCUT2D eigenvalue weighted by atomic mass is 79.9. The maximum absolute atomic E-state index is 13.3. The predicted octanol–water partition coefficient (Wildman–Crippen LogP) is 3.42. The number of nitrogens with zero attached hydrogens (tertiary/aromatic N) is 2. The van der Waals surface area contributed by atoms with E-state index in [2.05, 4.69) is 15.9 Å². The molecule has 0 saturated carbocycles. The fraction of sp³-hybridized carbons (Fsp3) is 0.421. The molecular formula is C19H23BrN2O4S. The molecule has 1 aromatic heterocycles. The van der Waals surface area contributed by atoms with E-state index < -0.39 is 10.0 Å². The van der Waals surface area contributed by atoms with Crippen LogP contribution in [0.1, 0.15) is 32.8 Å². The Bertz CT molecular complexity index is 963. The van der Waals surface area contributed by atoms with Gasteiger partial charge in [-0.05, 0) is 78.0 Å². The molecule has 0 spiro atoms. The van der Waals surface area contributed by atoms with Crippen molar-refractivity contribution in [3.05, 3.63) is 50.9 Å². The van der Waals surface area contributed by atoms with Gasteiger partial charge in [0.1, 0.15) is 0 Å². The third-order valence-electron chi connectivity index (χ3n) is 5.20. The molecule has 0 unspecified atom stereocenters. The molecule has 0 atom stereocenters. The van der Waals surface area contributed by atoms with Gasteiger partial charge in [-0.1, -0.05) is 6.07 Å². The van der Waals surface area contributed by atoms with Crippen molar-refractivity contribution in [3.63, 3.8) is 0 Å². The number of hydrogen-bond donors (Lipinski definition) is 0. The average Bonchev–Trinajstić information content (AvgIpc) is 3.06. The van der Waals surface area contributed by atoms with E-state index in [-0.39, 0.29) is 24.8 Å². The lowest BCUT2D eigenvalue weighted by molar-refractivity contribution is 0.0664. The van der Waals surface area contributed by atoms with Crippen LogP contribution < -0.4 is 0 Å². The Morgan fingerprint density at radius 1 is 1.00 bits per heavy atom. The molecular weight excluding hydrogens is 432 g/mol. The molecule has 0 N–H and O–H groups in total. The zero-order chi connectivity index (χ0) is 19.9. The Balaban J connectivity index is 1.81. The Morgan fingerprint density at radius 3 is 2.04 bits per heavy atom. The Hall–Kier alpha value is -1.64. The van der Waals surface area contributed by atoms with E-state index in [4.69, 9.17) is 4.42 Å². The predicted molar refractivity (Wildman–Crippen MR) is 106 cm³/mol. The van der Waals surface area contributed by atoms with Crippen LogP contribution in [0.4, 0.5) is 0 Å². The molecule has 2 aromatic rings. The molecule has 3 rings (SSSR count). The van der Waals surface area contributed by atoms with Crippen LogP contribution >= 0.6 is 15.9 Å². The number of rotatable bonds is 3. The molecule has 1 aliphatic rings. The molecule has 0 bridgehead atoms. The monoisotopic (exact) mass is 454 g/mol. The van der Waals surface area contributed by atoms with Gasteiger partial charge in [0.25, 0.3) is 5.91 Å². The number of amides is 1. The lowest BCUT2D eigenvalue weighted by Gasteiger charge is -2.34. The maximum Gasteiger partial charge on any atom is 0.289 e. The third-order valence-corrected chi connectivity index (χ3v) is 7.80. The van der Waals surface area contributed by atoms with Gasteiger partial charge < -0.3 is 9.32 Å². The van der Waals surface area contributed by atoms with Gasteiger partial charge in [-0.25, -0.2) is 8.42 Å². The van der Waals surface area contributed by atoms with E-state index in [1.54, 1.807) is 17.0 Å². The summed E-state index contributed by atoms with van der Waals surface area (Å²) in [7, 11) is -3.61. The first-order valence-electron chi connectivity index (χ1n) is 8.75. The SMILES string of the molecule is Cc1cc(C)c(C)c(S(=O)(=O)N2CCN(C(=O)c3ccc(Br)o3)CC2)c1C. The minimum absolute atomic E-state index is 0.225. The van der Waals surface area contributed by atoms with Gasteiger partial charge in [-0.2, -0.15) is 4.31 Å². The molecule has 1 saturated heterocycles. The summed E-state index contributed by atoms with van der Waals surface area (Å²) in [5.41, 5.74) is 3.51. The molecule has 6 nitrogen and oxygen atoms in total. The summed E-state index contributed by atoms with van der Waals surface area (Å²) in [4.78, 5) is 14.5. The minimum Gasteiger partial charge on any atom is -0.444 e. The molecule has 1 fully saturated rings. The van der Waals surface area contributed by atoms with Crippen molar-refractivity contribution in [2.24, 2.45) is 0 Å². The topological polar surface area (TPSA) is 70.8 Å². The molecule has 146 valence electrons. The van der Waals surface area contributed by atoms with Crippen molar-refractivity contribution < 1.29 is 17.6 Å². The van der Waals surface area contributed by atoms with Crippen LogP contribution in [0.5, 0.6) is 0 Å². The fourth-order valence-electron chi connectivity index (χ4n) is 3.41. The highest BCUT2D eigenvalue weighted by Crippen LogP contribution is 2.29. The molecule has 2 heterocycles. The highest BCUT2D eigenvalue weighted by molar-refractivity contribution is 9.10. The number of carbonyl (C=O) groups excluding carboxylic acids is 1. The smallest absolute Gasteiger partial charge is 0.289 e. The highest BCUT2D eigenvalue weighted by Gasteiger charge is 2.33. The molecule has 0 aliphatic carbocycles. The summed E-state index contributed by atoms with van der Waals surface area (Å²) in [6, 6.07) is 5.29. The van der Waals surface area contributed by atoms with Crippen LogP contribution in [0.2, 0.25) is 0 Å². The standard InChI is InChI=1S/C19H23BrN2O4S/c1-12-11-13(2)15(4)18(14(12)3)27(24,25)22-9-7-21(8-10-22)19(23)16-5-6-17(20)26-16/h5-6,11H,7-10H2,1-4H3. The van der Waals surface area contributed by atoms with Gasteiger partial charge in [0.15, 0.2) is 10.4 Å². The van der Waals surface area contributed by atoms with Crippen LogP contribution in [0.25, 0.3) is 0 Å². The number of halogens is 1. The summed E-state index contributed by atoms with van der Waals surface area (Å²) in [5.74, 6) is 0.0238. The molecule has 27 heavy (non-hydrogen) atoms. The van der Waals surface area contributed by atoms with E-state index in [1.165, 1.54) is 4.31 Å². The third kappa shape index (κ3) is 3.70. The summed E-state index contributed by atoms with van der Waals surface area (Å²) in [6.07, 6.45) is 0. The van der Waals surface area contributed by atoms with Crippen molar-refractivity contribution in [2.75, 3.05) is 26.2 Å². The Kier molecular flexibility index (Phi) is 5.52. The van der Waals surface area contributed by atoms with Gasteiger partial charge in [0.05, 0.1) is 4.90 Å². The van der Waals surface area contributed by atoms with Crippen LogP contribution in [-0.2, 0) is 10.0 Å². The second-order valence-corrected chi connectivity index (χ2v) is 9.55. The first-order chi connectivity index (χ1) is 12.6. The number of carbonyl (C=O) groups is 1. The molecule has 8 heteroatoms. The number of hydrogen-bond acceptors (Lipinski definition) is 4. The molecule has 1 amide bonds. The second kappa shape index (κ2) is 7.41. The number of benzene rings is 1. The van der Waals surface area contributed by atoms with Crippen molar-refractivity contribution >= 4 is 31.9 Å². The summed E-state index contributed by atoms with van der Waals surface area (Å²) < 4.78 is 33.8. The van der Waals surface area contributed by atoms with Crippen LogP contribution in [0, 0.1) is 27.7 Å². The van der Waals surface area contributed by atoms with Crippen molar-refractivity contribution in [1.29, 1.82) is 0 Å². The number of sulfonamides is 1. The molecule has 1 aromatic carbocycles. The summed E-state index contributed by atoms with van der Waals surface area (Å²) >= 11 is 3.19. The molecule has 1 aliphatic heterocycles. The normalized spacial score (nSPS) is 16.0. The maximum atomic E-state index is 13.3. The second-order valence-electron chi connectivity index (χ2n) is 6.89. The first kappa shape index (κ1) is 20.1. The van der Waals surface area contributed by atoms with E-state index in [9.17, 15) is 13.2 Å². The van der Waals surface area contributed by atoms with Gasteiger partial charge in [-0.15, -0.1) is 0 Å². The molecule has 0 radical (unpaired) electrons. The van der Waals surface area contributed by atoms with E-state index in [0.717, 1.165) is 22.3 Å². The van der Waals surface area contributed by atoms with Gasteiger partial charge in [0.2, 0.25) is 10.0 Å². The lowest BCUT2D eigenvalue weighted by Crippen LogP contribution is -2.50. The van der Waals surface area contributed by atoms with Gasteiger partial charge >= 0.3 is 0 Å². The quantitative estimate of drug-likeness (QED) is 0.711. The largest absolute Gasteiger partial charge is 0.444 e. The van der Waals surface area contributed by atoms with E-state index in [1.807, 2.05) is 33.8 Å². The van der Waals surface area contributed by atoms with Crippen molar-refractivity contribution in [2.45, 2.75) is 32.6 Å². The Morgan fingerprint density at radius 2 is 1.56 bits per heavy atom. The summed E-state index contributed by atoms with van der Waals surface area (Å²) in [6.45, 7) is 8.76. The van der Waals surface area contributed by atoms with E-state index >= 15 is 0 Å². The van der Waals surface area contributed by atoms with E-state index in [0.29, 0.717) is 22.7 Å². The first-order valence-corrected chi connectivity index (χ1v) is 11.0. The van der Waals surface area contributed by atoms with Gasteiger partial charge in [0, 0.05) is 26.2 Å². The minimum atomic E-state index is -3.61. The van der Waals surface area contributed by atoms with Crippen molar-refractivity contribution in [3.8, 4) is 0 Å². The average molecular weight is 455 g/mol. The fourth-order valence-corrected chi connectivity index (χ4v) is 5.72. The zero-order valence-electron chi connectivity index (χ0n) is 15.9. The number of furan rings is 1.